The smallest absolute Gasteiger partial charge is 0.225 e. The maximum Gasteiger partial charge on any atom is 0.225 e. The summed E-state index contributed by atoms with van der Waals surface area (Å²) in [5, 5.41) is 9.63. The van der Waals surface area contributed by atoms with E-state index in [2.05, 4.69) is 39.1 Å². The number of carbonyl (C=O) groups excluding carboxylic acids is 1. The topological polar surface area (TPSA) is 74.8 Å². The van der Waals surface area contributed by atoms with Crippen LogP contribution in [0, 0.1) is 0 Å². The minimum Gasteiger partial charge on any atom is -0.489 e. The molecule has 1 aliphatic heterocycles. The first-order chi connectivity index (χ1) is 15.7. The fourth-order valence-corrected chi connectivity index (χ4v) is 3.75. The van der Waals surface area contributed by atoms with Gasteiger partial charge in [-0.05, 0) is 34.9 Å². The molecule has 1 heterocycles. The van der Waals surface area contributed by atoms with E-state index >= 15 is 0 Å². The number of nitrogens with zero attached hydrogens (tertiary/aromatic N) is 1. The number of ether oxygens (including phenoxy) is 1. The number of halogens is 1. The Morgan fingerprint density at radius 1 is 0.970 bits per heavy atom. The van der Waals surface area contributed by atoms with Crippen LogP contribution in [0.5, 0.6) is 5.75 Å². The Hall–Kier alpha value is -3.07. The minimum atomic E-state index is 0. The summed E-state index contributed by atoms with van der Waals surface area (Å²) in [5.74, 6) is 1.71. The van der Waals surface area contributed by atoms with Crippen LogP contribution in [0.3, 0.4) is 0 Å². The van der Waals surface area contributed by atoms with Gasteiger partial charge < -0.3 is 20.7 Å². The second-order valence-electron chi connectivity index (χ2n) is 7.76. The van der Waals surface area contributed by atoms with Gasteiger partial charge in [0.1, 0.15) is 12.4 Å². The molecule has 1 unspecified atom stereocenters. The van der Waals surface area contributed by atoms with Gasteiger partial charge in [0.2, 0.25) is 5.91 Å². The number of hydrogen-bond donors (Lipinski definition) is 3. The second kappa shape index (κ2) is 12.2. The van der Waals surface area contributed by atoms with Crippen molar-refractivity contribution in [1.29, 1.82) is 0 Å². The van der Waals surface area contributed by atoms with Gasteiger partial charge in [0.25, 0.3) is 0 Å². The lowest BCUT2D eigenvalue weighted by atomic mass is 9.90. The minimum absolute atomic E-state index is 0. The summed E-state index contributed by atoms with van der Waals surface area (Å²) >= 11 is 0. The van der Waals surface area contributed by atoms with Crippen molar-refractivity contribution in [3.05, 3.63) is 95.6 Å². The molecule has 0 aromatic heterocycles. The highest BCUT2D eigenvalue weighted by Crippen LogP contribution is 2.31. The van der Waals surface area contributed by atoms with Crippen molar-refractivity contribution in [3.8, 4) is 5.75 Å². The maximum atomic E-state index is 12.0. The molecule has 0 aliphatic carbocycles. The van der Waals surface area contributed by atoms with Gasteiger partial charge in [0, 0.05) is 38.2 Å². The van der Waals surface area contributed by atoms with Crippen LogP contribution in [-0.4, -0.2) is 25.5 Å². The predicted molar refractivity (Wildman–Crippen MR) is 143 cm³/mol. The van der Waals surface area contributed by atoms with E-state index in [4.69, 9.17) is 4.74 Å². The van der Waals surface area contributed by atoms with E-state index in [9.17, 15) is 4.79 Å². The summed E-state index contributed by atoms with van der Waals surface area (Å²) < 4.78 is 5.85. The fourth-order valence-electron chi connectivity index (χ4n) is 3.75. The van der Waals surface area contributed by atoms with Gasteiger partial charge in [0.15, 0.2) is 5.96 Å². The van der Waals surface area contributed by atoms with Crippen molar-refractivity contribution in [3.63, 3.8) is 0 Å². The molecule has 4 rings (SSSR count). The number of benzene rings is 3. The number of carbonyl (C=O) groups is 1. The SMILES string of the molecule is CN=C(NCc1ccc(OCc2ccccc2)cc1)NCC1CC(=O)Nc2ccccc21.I. The number of hydrogen-bond acceptors (Lipinski definition) is 3. The highest BCUT2D eigenvalue weighted by atomic mass is 127. The second-order valence-corrected chi connectivity index (χ2v) is 7.76. The molecule has 3 aromatic rings. The third-order valence-corrected chi connectivity index (χ3v) is 5.48. The van der Waals surface area contributed by atoms with Crippen molar-refractivity contribution in [2.24, 2.45) is 4.99 Å². The van der Waals surface area contributed by atoms with Crippen molar-refractivity contribution in [1.82, 2.24) is 10.6 Å². The Kier molecular flexibility index (Phi) is 9.12. The van der Waals surface area contributed by atoms with Crippen molar-refractivity contribution >= 4 is 41.5 Å². The lowest BCUT2D eigenvalue weighted by molar-refractivity contribution is -0.116. The van der Waals surface area contributed by atoms with Crippen LogP contribution in [0.4, 0.5) is 5.69 Å². The molecule has 0 radical (unpaired) electrons. The van der Waals surface area contributed by atoms with Crippen LogP contribution >= 0.6 is 24.0 Å². The zero-order valence-corrected chi connectivity index (χ0v) is 20.9. The number of anilines is 1. The lowest BCUT2D eigenvalue weighted by Crippen LogP contribution is -2.40. The number of guanidine groups is 1. The Labute approximate surface area is 211 Å². The van der Waals surface area contributed by atoms with Crippen LogP contribution < -0.4 is 20.7 Å². The first-order valence-electron chi connectivity index (χ1n) is 10.8. The number of rotatable bonds is 7. The largest absolute Gasteiger partial charge is 0.489 e. The average Bonchev–Trinajstić information content (AvgIpc) is 2.84. The molecular weight excluding hydrogens is 527 g/mol. The predicted octanol–water partition coefficient (Wildman–Crippen LogP) is 4.67. The zero-order chi connectivity index (χ0) is 22.2. The van der Waals surface area contributed by atoms with Crippen molar-refractivity contribution in [2.45, 2.75) is 25.5 Å². The van der Waals surface area contributed by atoms with E-state index in [1.54, 1.807) is 7.05 Å². The molecule has 172 valence electrons. The van der Waals surface area contributed by atoms with Gasteiger partial charge in [-0.1, -0.05) is 60.7 Å². The Bertz CT molecular complexity index is 1070. The quantitative estimate of drug-likeness (QED) is 0.225. The van der Waals surface area contributed by atoms with Gasteiger partial charge in [-0.25, -0.2) is 0 Å². The Morgan fingerprint density at radius 3 is 2.45 bits per heavy atom. The lowest BCUT2D eigenvalue weighted by Gasteiger charge is -2.26. The van der Waals surface area contributed by atoms with E-state index in [1.165, 1.54) is 0 Å². The molecule has 0 spiro atoms. The van der Waals surface area contributed by atoms with Crippen LogP contribution in [-0.2, 0) is 17.9 Å². The van der Waals surface area contributed by atoms with E-state index in [1.807, 2.05) is 60.7 Å². The first-order valence-corrected chi connectivity index (χ1v) is 10.8. The van der Waals surface area contributed by atoms with Crippen LogP contribution in [0.2, 0.25) is 0 Å². The first kappa shape index (κ1) is 24.6. The van der Waals surface area contributed by atoms with E-state index in [0.29, 0.717) is 32.1 Å². The highest BCUT2D eigenvalue weighted by molar-refractivity contribution is 14.0. The third-order valence-electron chi connectivity index (χ3n) is 5.48. The van der Waals surface area contributed by atoms with Crippen LogP contribution in [0.15, 0.2) is 83.9 Å². The van der Waals surface area contributed by atoms with Crippen LogP contribution in [0.1, 0.15) is 29.0 Å². The standard InChI is InChI=1S/C26H28N4O2.HI/c1-27-26(29-17-21-15-25(31)30-24-10-6-5-9-23(21)24)28-16-19-11-13-22(14-12-19)32-18-20-7-3-2-4-8-20;/h2-14,21H,15-18H2,1H3,(H,30,31)(H2,27,28,29);1H. The zero-order valence-electron chi connectivity index (χ0n) is 18.6. The van der Waals surface area contributed by atoms with Gasteiger partial charge in [-0.3, -0.25) is 9.79 Å². The molecule has 0 fully saturated rings. The van der Waals surface area contributed by atoms with E-state index < -0.39 is 0 Å². The molecule has 3 aromatic carbocycles. The molecule has 0 bridgehead atoms. The molecule has 0 saturated heterocycles. The molecule has 33 heavy (non-hydrogen) atoms. The summed E-state index contributed by atoms with van der Waals surface area (Å²) in [7, 11) is 1.75. The van der Waals surface area contributed by atoms with Crippen molar-refractivity contribution in [2.75, 3.05) is 18.9 Å². The Balaban J connectivity index is 0.00000306. The molecule has 1 atom stereocenters. The van der Waals surface area contributed by atoms with Gasteiger partial charge >= 0.3 is 0 Å². The Morgan fingerprint density at radius 2 is 1.70 bits per heavy atom. The number of aliphatic imine (C=N–C) groups is 1. The van der Waals surface area contributed by atoms with Crippen molar-refractivity contribution < 1.29 is 9.53 Å². The summed E-state index contributed by atoms with van der Waals surface area (Å²) in [6.07, 6.45) is 0.464. The maximum absolute atomic E-state index is 12.0. The molecule has 1 aliphatic rings. The van der Waals surface area contributed by atoms with E-state index in [-0.39, 0.29) is 35.8 Å². The molecule has 1 amide bonds. The molecule has 6 nitrogen and oxygen atoms in total. The number of amides is 1. The van der Waals surface area contributed by atoms with Gasteiger partial charge in [0.05, 0.1) is 0 Å². The molecule has 3 N–H and O–H groups in total. The number of nitrogens with one attached hydrogen (secondary N) is 3. The summed E-state index contributed by atoms with van der Waals surface area (Å²) in [4.78, 5) is 16.3. The highest BCUT2D eigenvalue weighted by Gasteiger charge is 2.24. The molecular formula is C26H29IN4O2. The van der Waals surface area contributed by atoms with Gasteiger partial charge in [-0.2, -0.15) is 0 Å². The summed E-state index contributed by atoms with van der Waals surface area (Å²) in [6, 6.07) is 26.1. The van der Waals surface area contributed by atoms with E-state index in [0.717, 1.165) is 28.1 Å². The van der Waals surface area contributed by atoms with Gasteiger partial charge in [-0.15, -0.1) is 24.0 Å². The average molecular weight is 556 g/mol. The normalized spacial score (nSPS) is 15.0. The fraction of sp³-hybridized carbons (Fsp3) is 0.231. The number of para-hydroxylation sites is 1. The summed E-state index contributed by atoms with van der Waals surface area (Å²) in [5.41, 5.74) is 4.32. The molecule has 7 heteroatoms. The number of fused-ring (bicyclic) bond motifs is 1. The third kappa shape index (κ3) is 6.95. The summed E-state index contributed by atoms with van der Waals surface area (Å²) in [6.45, 7) is 1.83. The monoisotopic (exact) mass is 556 g/mol. The molecule has 0 saturated carbocycles. The van der Waals surface area contributed by atoms with Crippen LogP contribution in [0.25, 0.3) is 0 Å².